The standard InChI is InChI=1S/C32H45N7O4/c1-21-27(10-13-38-14-11-32(12-15-38)19-39(20-32)31(41)37(5)6)34-30(35-29(21)28-22(2)36-43-23(28)3)24-8-7-9-26(16-24)42-18-25(40)17-33-4/h7-9,16,25,33,40H,10-15,17-20H2,1-6H3. The lowest BCUT2D eigenvalue weighted by atomic mass is 9.72. The molecule has 11 nitrogen and oxygen atoms in total. The second kappa shape index (κ2) is 13.0. The highest BCUT2D eigenvalue weighted by Gasteiger charge is 2.46. The van der Waals surface area contributed by atoms with Crippen molar-refractivity contribution < 1.29 is 19.2 Å². The van der Waals surface area contributed by atoms with Gasteiger partial charge >= 0.3 is 6.03 Å². The molecule has 0 aliphatic carbocycles. The summed E-state index contributed by atoms with van der Waals surface area (Å²) in [5, 5.41) is 17.2. The highest BCUT2D eigenvalue weighted by atomic mass is 16.5. The lowest BCUT2D eigenvalue weighted by molar-refractivity contribution is -0.0268. The minimum atomic E-state index is -0.601. The Labute approximate surface area is 254 Å². The van der Waals surface area contributed by atoms with E-state index in [0.717, 1.165) is 91.5 Å². The SMILES string of the molecule is CNCC(O)COc1cccc(-c2nc(CCN3CCC4(CC3)CN(C(=O)N(C)C)C4)c(C)c(-c3c(C)noc3C)n2)c1. The molecule has 0 saturated carbocycles. The number of aryl methyl sites for hydroxylation is 2. The molecule has 5 rings (SSSR count). The summed E-state index contributed by atoms with van der Waals surface area (Å²) in [6, 6.07) is 7.81. The van der Waals surface area contributed by atoms with E-state index in [1.165, 1.54) is 0 Å². The van der Waals surface area contributed by atoms with Crippen molar-refractivity contribution >= 4 is 6.03 Å². The molecule has 0 radical (unpaired) electrons. The maximum Gasteiger partial charge on any atom is 0.319 e. The molecular weight excluding hydrogens is 546 g/mol. The summed E-state index contributed by atoms with van der Waals surface area (Å²) in [4.78, 5) is 28.5. The zero-order chi connectivity index (χ0) is 30.7. The topological polar surface area (TPSA) is 120 Å². The average molecular weight is 592 g/mol. The molecule has 1 aromatic carbocycles. The first-order chi connectivity index (χ1) is 20.6. The molecule has 43 heavy (non-hydrogen) atoms. The van der Waals surface area contributed by atoms with E-state index in [4.69, 9.17) is 19.2 Å². The van der Waals surface area contributed by atoms with Crippen LogP contribution in [0.2, 0.25) is 0 Å². The summed E-state index contributed by atoms with van der Waals surface area (Å²) < 4.78 is 11.4. The molecule has 232 valence electrons. The van der Waals surface area contributed by atoms with Gasteiger partial charge in [-0.05, 0) is 71.4 Å². The van der Waals surface area contributed by atoms with Crippen molar-refractivity contribution in [3.05, 3.63) is 47.0 Å². The van der Waals surface area contributed by atoms with Crippen molar-refractivity contribution in [1.82, 2.24) is 35.1 Å². The Morgan fingerprint density at radius 2 is 1.93 bits per heavy atom. The summed E-state index contributed by atoms with van der Waals surface area (Å²) in [5.41, 5.74) is 5.70. The number of piperidine rings is 1. The van der Waals surface area contributed by atoms with Crippen molar-refractivity contribution in [2.75, 3.05) is 67.0 Å². The molecule has 2 amide bonds. The maximum atomic E-state index is 12.3. The summed E-state index contributed by atoms with van der Waals surface area (Å²) in [5.74, 6) is 2.01. The van der Waals surface area contributed by atoms with Gasteiger partial charge in [0.2, 0.25) is 0 Å². The number of aromatic nitrogens is 3. The first-order valence-electron chi connectivity index (χ1n) is 15.1. The lowest BCUT2D eigenvalue weighted by Gasteiger charge is -2.54. The Kier molecular flexibility index (Phi) is 9.33. The van der Waals surface area contributed by atoms with Crippen LogP contribution in [0, 0.1) is 26.2 Å². The third kappa shape index (κ3) is 6.84. The molecule has 2 saturated heterocycles. The predicted octanol–water partition coefficient (Wildman–Crippen LogP) is 3.30. The minimum Gasteiger partial charge on any atom is -0.491 e. The molecule has 2 N–H and O–H groups in total. The Balaban J connectivity index is 1.33. The molecule has 2 aliphatic heterocycles. The second-order valence-electron chi connectivity index (χ2n) is 12.3. The minimum absolute atomic E-state index is 0.112. The van der Waals surface area contributed by atoms with Crippen LogP contribution in [0.3, 0.4) is 0 Å². The molecule has 1 atom stereocenters. The maximum absolute atomic E-state index is 12.3. The largest absolute Gasteiger partial charge is 0.491 e. The Bertz CT molecular complexity index is 1400. The number of nitrogens with zero attached hydrogens (tertiary/aromatic N) is 6. The molecule has 3 aromatic rings. The van der Waals surface area contributed by atoms with E-state index >= 15 is 0 Å². The first kappa shape index (κ1) is 30.9. The molecule has 2 aliphatic rings. The average Bonchev–Trinajstić information content (AvgIpc) is 3.31. The zero-order valence-electron chi connectivity index (χ0n) is 26.3. The normalized spacial score (nSPS) is 17.1. The molecule has 1 unspecified atom stereocenters. The number of aliphatic hydroxyl groups excluding tert-OH is 1. The van der Waals surface area contributed by atoms with Gasteiger partial charge in [0, 0.05) is 63.4 Å². The molecule has 11 heteroatoms. The van der Waals surface area contributed by atoms with Gasteiger partial charge in [0.25, 0.3) is 0 Å². The van der Waals surface area contributed by atoms with Crippen LogP contribution in [0.1, 0.15) is 35.6 Å². The highest BCUT2D eigenvalue weighted by molar-refractivity contribution is 5.75. The van der Waals surface area contributed by atoms with Crippen LogP contribution in [0.25, 0.3) is 22.6 Å². The van der Waals surface area contributed by atoms with Gasteiger partial charge in [-0.1, -0.05) is 17.3 Å². The van der Waals surface area contributed by atoms with Gasteiger partial charge in [-0.15, -0.1) is 0 Å². The van der Waals surface area contributed by atoms with Crippen LogP contribution in [0.15, 0.2) is 28.8 Å². The van der Waals surface area contributed by atoms with Crippen molar-refractivity contribution in [2.45, 2.75) is 46.1 Å². The summed E-state index contributed by atoms with van der Waals surface area (Å²) in [7, 11) is 5.43. The molecule has 1 spiro atoms. The summed E-state index contributed by atoms with van der Waals surface area (Å²) in [6.07, 6.45) is 2.41. The second-order valence-corrected chi connectivity index (χ2v) is 12.3. The zero-order valence-corrected chi connectivity index (χ0v) is 26.3. The van der Waals surface area contributed by atoms with Gasteiger partial charge in [-0.25, -0.2) is 14.8 Å². The van der Waals surface area contributed by atoms with Gasteiger partial charge in [-0.2, -0.15) is 0 Å². The van der Waals surface area contributed by atoms with Gasteiger partial charge in [0.1, 0.15) is 24.2 Å². The van der Waals surface area contributed by atoms with E-state index < -0.39 is 6.10 Å². The number of likely N-dealkylation sites (N-methyl/N-ethyl adjacent to an activating group) is 1. The summed E-state index contributed by atoms with van der Waals surface area (Å²) >= 11 is 0. The molecular formula is C32H45N7O4. The van der Waals surface area contributed by atoms with Crippen molar-refractivity contribution in [1.29, 1.82) is 0 Å². The van der Waals surface area contributed by atoms with Crippen LogP contribution in [0.4, 0.5) is 4.79 Å². The van der Waals surface area contributed by atoms with E-state index in [2.05, 4.69) is 22.3 Å². The number of nitrogens with one attached hydrogen (secondary N) is 1. The molecule has 2 aromatic heterocycles. The molecule has 4 heterocycles. The Morgan fingerprint density at radius 3 is 2.58 bits per heavy atom. The first-order valence-corrected chi connectivity index (χ1v) is 15.1. The van der Waals surface area contributed by atoms with Crippen LogP contribution in [-0.2, 0) is 6.42 Å². The number of hydrogen-bond acceptors (Lipinski definition) is 9. The fourth-order valence-electron chi connectivity index (χ4n) is 6.22. The molecule has 2 fully saturated rings. The lowest BCUT2D eigenvalue weighted by Crippen LogP contribution is -2.63. The number of urea groups is 1. The van der Waals surface area contributed by atoms with E-state index in [1.54, 1.807) is 11.9 Å². The monoisotopic (exact) mass is 591 g/mol. The van der Waals surface area contributed by atoms with Crippen molar-refractivity contribution in [3.63, 3.8) is 0 Å². The number of amides is 2. The highest BCUT2D eigenvalue weighted by Crippen LogP contribution is 2.41. The number of hydrogen-bond donors (Lipinski definition) is 2. The van der Waals surface area contributed by atoms with Crippen molar-refractivity contribution in [3.8, 4) is 28.4 Å². The fraction of sp³-hybridized carbons (Fsp3) is 0.562. The third-order valence-corrected chi connectivity index (χ3v) is 8.78. The van der Waals surface area contributed by atoms with Gasteiger partial charge in [0.15, 0.2) is 5.82 Å². The van der Waals surface area contributed by atoms with E-state index in [9.17, 15) is 9.90 Å². The van der Waals surface area contributed by atoms with Crippen molar-refractivity contribution in [2.24, 2.45) is 5.41 Å². The van der Waals surface area contributed by atoms with Gasteiger partial charge < -0.3 is 34.4 Å². The van der Waals surface area contributed by atoms with Crippen LogP contribution in [0.5, 0.6) is 5.75 Å². The number of carbonyl (C=O) groups excluding carboxylic acids is 1. The van der Waals surface area contributed by atoms with Crippen LogP contribution in [-0.4, -0.2) is 114 Å². The van der Waals surface area contributed by atoms with E-state index in [-0.39, 0.29) is 18.1 Å². The predicted molar refractivity (Wildman–Crippen MR) is 165 cm³/mol. The van der Waals surface area contributed by atoms with Crippen LogP contribution >= 0.6 is 0 Å². The van der Waals surface area contributed by atoms with Crippen LogP contribution < -0.4 is 10.1 Å². The number of rotatable bonds is 10. The number of benzene rings is 1. The van der Waals surface area contributed by atoms with Gasteiger partial charge in [0.05, 0.1) is 17.0 Å². The number of likely N-dealkylation sites (tertiary alicyclic amines) is 2. The Morgan fingerprint density at radius 1 is 1.19 bits per heavy atom. The fourth-order valence-corrected chi connectivity index (χ4v) is 6.22. The van der Waals surface area contributed by atoms with E-state index in [0.29, 0.717) is 18.1 Å². The number of aliphatic hydroxyl groups is 1. The third-order valence-electron chi connectivity index (χ3n) is 8.78. The number of ether oxygens (including phenoxy) is 1. The van der Waals surface area contributed by atoms with Gasteiger partial charge in [-0.3, -0.25) is 0 Å². The number of carbonyl (C=O) groups is 1. The smallest absolute Gasteiger partial charge is 0.319 e. The Hall–Kier alpha value is -3.54. The quantitative estimate of drug-likeness (QED) is 0.366. The van der Waals surface area contributed by atoms with E-state index in [1.807, 2.05) is 57.1 Å². The summed E-state index contributed by atoms with van der Waals surface area (Å²) in [6.45, 7) is 11.3. The molecule has 0 bridgehead atoms.